The van der Waals surface area contributed by atoms with Gasteiger partial charge in [0.2, 0.25) is 0 Å². The molecule has 0 aromatic heterocycles. The lowest BCUT2D eigenvalue weighted by molar-refractivity contribution is -0.161. The zero-order valence-corrected chi connectivity index (χ0v) is 67.7. The van der Waals surface area contributed by atoms with Crippen molar-refractivity contribution in [3.63, 3.8) is 0 Å². The Balaban J connectivity index is 5.42. The third kappa shape index (κ3) is 76.2. The van der Waals surface area contributed by atoms with Gasteiger partial charge in [0.1, 0.15) is 19.3 Å². The van der Waals surface area contributed by atoms with Crippen LogP contribution in [0.1, 0.15) is 362 Å². The van der Waals surface area contributed by atoms with Crippen molar-refractivity contribution in [2.75, 3.05) is 39.6 Å². The standard InChI is InChI=1S/C85H150O17P2/c1-5-9-13-17-21-25-29-33-37-38-39-40-44-48-52-56-60-64-68-72-85(90)102-81(76-96-83(88)70-66-62-58-54-50-46-42-35-31-27-23-19-15-11-7-3)78-100-104(93,94)98-74-79(86)73-97-103(91,92)99-77-80(101-84(89)71-67-63-59-55-51-47-43-36-32-28-24-20-16-12-8-4)75-95-82(87)69-65-61-57-53-49-45-41-34-30-26-22-18-14-10-6-2/h9,13,21,24-25,28,33,36-37,39-40,43,48,52,60,64,79-81,86H,5-8,10-12,14-20,22-23,26-27,29-32,34-35,38,41-42,44-47,49-51,53-59,61-63,65-78H2,1-4H3,(H,91,92)(H,93,94)/b13-9-,25-21-,28-24-,37-33-,40-39-,43-36-,52-48-,64-60-/t79-,80+,81+/m0/s1. The molecule has 0 spiro atoms. The van der Waals surface area contributed by atoms with Crippen molar-refractivity contribution in [1.82, 2.24) is 0 Å². The second-order valence-electron chi connectivity index (χ2n) is 27.7. The molecule has 0 fully saturated rings. The number of allylic oxidation sites excluding steroid dienone is 16. The molecule has 0 aromatic carbocycles. The van der Waals surface area contributed by atoms with Crippen molar-refractivity contribution < 1.29 is 80.2 Å². The minimum absolute atomic E-state index is 0.0283. The summed E-state index contributed by atoms with van der Waals surface area (Å²) in [6, 6.07) is 0. The molecule has 0 amide bonds. The molecule has 602 valence electrons. The molecule has 17 nitrogen and oxygen atoms in total. The Morgan fingerprint density at radius 2 is 0.519 bits per heavy atom. The first-order chi connectivity index (χ1) is 50.7. The molecule has 0 heterocycles. The summed E-state index contributed by atoms with van der Waals surface area (Å²) in [5.41, 5.74) is 0. The van der Waals surface area contributed by atoms with Crippen molar-refractivity contribution in [2.24, 2.45) is 0 Å². The van der Waals surface area contributed by atoms with Gasteiger partial charge in [-0.25, -0.2) is 9.13 Å². The van der Waals surface area contributed by atoms with Gasteiger partial charge in [-0.2, -0.15) is 0 Å². The molecule has 0 saturated carbocycles. The van der Waals surface area contributed by atoms with Crippen LogP contribution >= 0.6 is 15.6 Å². The summed E-state index contributed by atoms with van der Waals surface area (Å²) in [6.45, 7) is 4.70. The highest BCUT2D eigenvalue weighted by Gasteiger charge is 2.30. The van der Waals surface area contributed by atoms with E-state index in [1.807, 2.05) is 18.2 Å². The van der Waals surface area contributed by atoms with Gasteiger partial charge in [-0.3, -0.25) is 37.3 Å². The summed E-state index contributed by atoms with van der Waals surface area (Å²) in [7, 11) is -9.98. The van der Waals surface area contributed by atoms with E-state index in [1.165, 1.54) is 161 Å². The molecular formula is C85H150O17P2. The molecule has 0 bridgehead atoms. The number of carbonyl (C=O) groups excluding carboxylic acids is 4. The van der Waals surface area contributed by atoms with Gasteiger partial charge in [0.15, 0.2) is 12.2 Å². The predicted molar refractivity (Wildman–Crippen MR) is 427 cm³/mol. The zero-order chi connectivity index (χ0) is 76.0. The Labute approximate surface area is 633 Å². The van der Waals surface area contributed by atoms with Gasteiger partial charge in [-0.1, -0.05) is 337 Å². The monoisotopic (exact) mass is 1510 g/mol. The summed E-state index contributed by atoms with van der Waals surface area (Å²) in [4.78, 5) is 73.1. The molecule has 19 heteroatoms. The fourth-order valence-corrected chi connectivity index (χ4v) is 12.9. The Kier molecular flexibility index (Phi) is 74.2. The van der Waals surface area contributed by atoms with Gasteiger partial charge in [0.25, 0.3) is 0 Å². The highest BCUT2D eigenvalue weighted by atomic mass is 31.2. The lowest BCUT2D eigenvalue weighted by atomic mass is 10.0. The maximum absolute atomic E-state index is 13.1. The Hall–Kier alpha value is -4.02. The summed E-state index contributed by atoms with van der Waals surface area (Å²) in [6.07, 6.45) is 82.5. The molecule has 0 aliphatic rings. The van der Waals surface area contributed by atoms with Gasteiger partial charge >= 0.3 is 39.5 Å². The van der Waals surface area contributed by atoms with E-state index in [4.69, 9.17) is 37.0 Å². The van der Waals surface area contributed by atoms with Crippen LogP contribution in [0.5, 0.6) is 0 Å². The van der Waals surface area contributed by atoms with Crippen LogP contribution in [0.15, 0.2) is 97.2 Å². The first kappa shape index (κ1) is 100.0. The third-order valence-electron chi connectivity index (χ3n) is 17.6. The molecule has 3 N–H and O–H groups in total. The van der Waals surface area contributed by atoms with Crippen LogP contribution in [0.3, 0.4) is 0 Å². The molecule has 0 radical (unpaired) electrons. The number of phosphoric ester groups is 2. The van der Waals surface area contributed by atoms with Crippen LogP contribution in [0.25, 0.3) is 0 Å². The van der Waals surface area contributed by atoms with Gasteiger partial charge in [0, 0.05) is 25.7 Å². The minimum Gasteiger partial charge on any atom is -0.462 e. The van der Waals surface area contributed by atoms with Crippen LogP contribution in [-0.4, -0.2) is 96.7 Å². The molecule has 0 saturated heterocycles. The largest absolute Gasteiger partial charge is 0.472 e. The van der Waals surface area contributed by atoms with Crippen LogP contribution in [0, 0.1) is 0 Å². The van der Waals surface area contributed by atoms with Crippen molar-refractivity contribution in [2.45, 2.75) is 380 Å². The number of carbonyl (C=O) groups is 4. The average molecular weight is 1510 g/mol. The van der Waals surface area contributed by atoms with E-state index in [0.717, 1.165) is 116 Å². The summed E-state index contributed by atoms with van der Waals surface area (Å²) >= 11 is 0. The molecule has 2 unspecified atom stereocenters. The van der Waals surface area contributed by atoms with E-state index in [1.54, 1.807) is 0 Å². The summed E-state index contributed by atoms with van der Waals surface area (Å²) in [5, 5.41) is 10.7. The molecule has 5 atom stereocenters. The van der Waals surface area contributed by atoms with Crippen LogP contribution < -0.4 is 0 Å². The number of esters is 4. The molecule has 0 aliphatic heterocycles. The van der Waals surface area contributed by atoms with Crippen LogP contribution in [0.4, 0.5) is 0 Å². The number of hydrogen-bond donors (Lipinski definition) is 3. The highest BCUT2D eigenvalue weighted by molar-refractivity contribution is 7.47. The smallest absolute Gasteiger partial charge is 0.462 e. The number of hydrogen-bond acceptors (Lipinski definition) is 15. The lowest BCUT2D eigenvalue weighted by Gasteiger charge is -2.21. The molecule has 0 rings (SSSR count). The second kappa shape index (κ2) is 77.1. The van der Waals surface area contributed by atoms with E-state index in [2.05, 4.69) is 107 Å². The van der Waals surface area contributed by atoms with Gasteiger partial charge in [-0.15, -0.1) is 0 Å². The molecular weight excluding hydrogens is 1350 g/mol. The number of rotatable bonds is 78. The fourth-order valence-electron chi connectivity index (χ4n) is 11.3. The molecule has 0 aliphatic carbocycles. The van der Waals surface area contributed by atoms with Gasteiger partial charge in [-0.05, 0) is 96.3 Å². The Morgan fingerprint density at radius 1 is 0.279 bits per heavy atom. The Bertz CT molecular complexity index is 2350. The van der Waals surface area contributed by atoms with Gasteiger partial charge in [0.05, 0.1) is 26.4 Å². The number of unbranched alkanes of at least 4 members (excludes halogenated alkanes) is 36. The number of aliphatic hydroxyl groups excluding tert-OH is 1. The van der Waals surface area contributed by atoms with E-state index < -0.39 is 97.5 Å². The third-order valence-corrected chi connectivity index (χ3v) is 19.5. The van der Waals surface area contributed by atoms with Crippen molar-refractivity contribution in [1.29, 1.82) is 0 Å². The zero-order valence-electron chi connectivity index (χ0n) is 65.9. The van der Waals surface area contributed by atoms with Crippen molar-refractivity contribution >= 4 is 39.5 Å². The topological polar surface area (TPSA) is 237 Å². The van der Waals surface area contributed by atoms with Crippen molar-refractivity contribution in [3.8, 4) is 0 Å². The van der Waals surface area contributed by atoms with E-state index in [9.17, 15) is 43.2 Å². The number of aliphatic hydroxyl groups is 1. The normalized spacial score (nSPS) is 14.3. The lowest BCUT2D eigenvalue weighted by Crippen LogP contribution is -2.30. The SMILES string of the molecule is CC/C=C\C/C=C\C/C=C\C/C=C\C/C=C\C/C=C\CCC(=O)O[C@H](COC(=O)CCCCCCCCCCCCCCCCC)COP(=O)(O)OC[C@@H](O)COP(=O)(O)OC[C@@H](COC(=O)CCCCCCCCCCCCCCCCC)OC(=O)CCCCCCC/C=C\C/C=C\CCCCC. The van der Waals surface area contributed by atoms with Crippen LogP contribution in [0.2, 0.25) is 0 Å². The fraction of sp³-hybridized carbons (Fsp3) is 0.765. The van der Waals surface area contributed by atoms with Gasteiger partial charge < -0.3 is 33.8 Å². The maximum atomic E-state index is 13.1. The summed E-state index contributed by atoms with van der Waals surface area (Å²) in [5.74, 6) is -2.26. The first-order valence-corrected chi connectivity index (χ1v) is 44.5. The van der Waals surface area contributed by atoms with E-state index in [-0.39, 0.29) is 25.7 Å². The molecule has 0 aromatic rings. The van der Waals surface area contributed by atoms with E-state index >= 15 is 0 Å². The van der Waals surface area contributed by atoms with Crippen LogP contribution in [-0.2, 0) is 65.4 Å². The summed E-state index contributed by atoms with van der Waals surface area (Å²) < 4.78 is 68.6. The number of phosphoric acid groups is 2. The Morgan fingerprint density at radius 3 is 0.846 bits per heavy atom. The van der Waals surface area contributed by atoms with E-state index in [0.29, 0.717) is 32.1 Å². The minimum atomic E-state index is -5.00. The predicted octanol–water partition coefficient (Wildman–Crippen LogP) is 24.3. The average Bonchev–Trinajstić information content (AvgIpc) is 0.943. The first-order valence-electron chi connectivity index (χ1n) is 41.5. The quantitative estimate of drug-likeness (QED) is 0.0169. The van der Waals surface area contributed by atoms with Crippen molar-refractivity contribution in [3.05, 3.63) is 97.2 Å². The second-order valence-corrected chi connectivity index (χ2v) is 30.6. The molecule has 104 heavy (non-hydrogen) atoms. The maximum Gasteiger partial charge on any atom is 0.472 e. The number of ether oxygens (including phenoxy) is 4. The highest BCUT2D eigenvalue weighted by Crippen LogP contribution is 2.45.